The van der Waals surface area contributed by atoms with E-state index in [1.807, 2.05) is 0 Å². The minimum Gasteiger partial charge on any atom is -0.459 e. The molecule has 1 fully saturated rings. The molecule has 2 N–H and O–H groups in total. The molecule has 0 aromatic heterocycles. The van der Waals surface area contributed by atoms with E-state index in [0.29, 0.717) is 12.8 Å². The van der Waals surface area contributed by atoms with Crippen LogP contribution in [0.25, 0.3) is 0 Å². The van der Waals surface area contributed by atoms with E-state index in [0.717, 1.165) is 12.5 Å². The highest BCUT2D eigenvalue weighted by Gasteiger charge is 2.29. The number of esters is 1. The number of halogens is 3. The fourth-order valence-electron chi connectivity index (χ4n) is 1.68. The van der Waals surface area contributed by atoms with Crippen molar-refractivity contribution >= 4 is 39.2 Å². The second kappa shape index (κ2) is 5.48. The number of nitrogens with two attached hydrogens (primary N) is 1. The first-order chi connectivity index (χ1) is 9.21. The van der Waals surface area contributed by atoms with Gasteiger partial charge in [0.2, 0.25) is 10.0 Å². The predicted molar refractivity (Wildman–Crippen MR) is 70.8 cm³/mol. The quantitative estimate of drug-likeness (QED) is 0.675. The molecule has 2 rings (SSSR count). The van der Waals surface area contributed by atoms with Crippen molar-refractivity contribution in [3.63, 3.8) is 0 Å². The fraction of sp³-hybridized carbons (Fsp3) is 0.364. The van der Waals surface area contributed by atoms with E-state index in [1.54, 1.807) is 0 Å². The van der Waals surface area contributed by atoms with Crippen LogP contribution in [0.2, 0.25) is 10.0 Å². The molecule has 1 aromatic rings. The molecule has 1 aliphatic carbocycles. The lowest BCUT2D eigenvalue weighted by Gasteiger charge is -2.25. The summed E-state index contributed by atoms with van der Waals surface area (Å²) in [6, 6.07) is 0.736. The van der Waals surface area contributed by atoms with Gasteiger partial charge in [-0.2, -0.15) is 0 Å². The molecular formula is C11H10Cl2FNO4S. The van der Waals surface area contributed by atoms with Crippen molar-refractivity contribution in [2.45, 2.75) is 30.3 Å². The van der Waals surface area contributed by atoms with Crippen molar-refractivity contribution in [1.29, 1.82) is 0 Å². The lowest BCUT2D eigenvalue weighted by Crippen LogP contribution is -2.25. The number of ether oxygens (including phenoxy) is 1. The van der Waals surface area contributed by atoms with Gasteiger partial charge < -0.3 is 4.74 Å². The molecule has 1 aliphatic rings. The lowest BCUT2D eigenvalue weighted by molar-refractivity contribution is 0.00895. The van der Waals surface area contributed by atoms with Gasteiger partial charge in [-0.25, -0.2) is 22.7 Å². The van der Waals surface area contributed by atoms with Gasteiger partial charge in [-0.3, -0.25) is 0 Å². The molecule has 110 valence electrons. The zero-order valence-electron chi connectivity index (χ0n) is 10.0. The Kier molecular flexibility index (Phi) is 4.24. The molecule has 0 unspecified atom stereocenters. The maximum atomic E-state index is 13.6. The summed E-state index contributed by atoms with van der Waals surface area (Å²) in [6.45, 7) is 0. The highest BCUT2D eigenvalue weighted by Crippen LogP contribution is 2.35. The van der Waals surface area contributed by atoms with Gasteiger partial charge in [-0.1, -0.05) is 23.2 Å². The van der Waals surface area contributed by atoms with Crippen molar-refractivity contribution in [3.05, 3.63) is 27.5 Å². The average Bonchev–Trinajstić information content (AvgIpc) is 2.26. The minimum atomic E-state index is -4.37. The Bertz CT molecular complexity index is 673. The van der Waals surface area contributed by atoms with Gasteiger partial charge in [0.15, 0.2) is 0 Å². The normalized spacial score (nSPS) is 15.8. The highest BCUT2D eigenvalue weighted by molar-refractivity contribution is 7.89. The zero-order chi connectivity index (χ0) is 15.1. The highest BCUT2D eigenvalue weighted by atomic mass is 35.5. The van der Waals surface area contributed by atoms with Crippen LogP contribution in [0.5, 0.6) is 0 Å². The van der Waals surface area contributed by atoms with E-state index in [4.69, 9.17) is 33.1 Å². The van der Waals surface area contributed by atoms with Crippen molar-refractivity contribution in [3.8, 4) is 0 Å². The summed E-state index contributed by atoms with van der Waals surface area (Å²) in [5.41, 5.74) is -0.413. The minimum absolute atomic E-state index is 0.254. The average molecular weight is 342 g/mol. The summed E-state index contributed by atoms with van der Waals surface area (Å²) in [5.74, 6) is -2.01. The van der Waals surface area contributed by atoms with E-state index >= 15 is 0 Å². The third kappa shape index (κ3) is 2.90. The molecule has 9 heteroatoms. The molecule has 0 saturated heterocycles. The molecule has 1 aromatic carbocycles. The van der Waals surface area contributed by atoms with Crippen LogP contribution in [0.3, 0.4) is 0 Å². The van der Waals surface area contributed by atoms with Crippen LogP contribution in [-0.4, -0.2) is 20.5 Å². The maximum Gasteiger partial charge on any atom is 0.340 e. The Balaban J connectivity index is 2.48. The van der Waals surface area contributed by atoms with Gasteiger partial charge in [0, 0.05) is 0 Å². The second-order valence-corrected chi connectivity index (χ2v) is 6.62. The largest absolute Gasteiger partial charge is 0.459 e. The summed E-state index contributed by atoms with van der Waals surface area (Å²) >= 11 is 11.3. The molecule has 20 heavy (non-hydrogen) atoms. The summed E-state index contributed by atoms with van der Waals surface area (Å²) in [5, 5.41) is 3.63. The number of carbonyl (C=O) groups is 1. The van der Waals surface area contributed by atoms with Crippen LogP contribution >= 0.6 is 23.2 Å². The monoisotopic (exact) mass is 341 g/mol. The first-order valence-electron chi connectivity index (χ1n) is 5.63. The number of rotatable bonds is 3. The van der Waals surface area contributed by atoms with Gasteiger partial charge >= 0.3 is 5.97 Å². The molecule has 0 atom stereocenters. The summed E-state index contributed by atoms with van der Waals surface area (Å²) < 4.78 is 41.4. The second-order valence-electron chi connectivity index (χ2n) is 4.37. The van der Waals surface area contributed by atoms with Crippen molar-refractivity contribution in [2.24, 2.45) is 5.14 Å². The van der Waals surface area contributed by atoms with Crippen molar-refractivity contribution in [2.75, 3.05) is 0 Å². The summed E-state index contributed by atoms with van der Waals surface area (Å²) in [4.78, 5) is 11.0. The molecule has 0 amide bonds. The molecule has 0 bridgehead atoms. The molecule has 1 saturated carbocycles. The van der Waals surface area contributed by atoms with Gasteiger partial charge in [-0.05, 0) is 25.3 Å². The predicted octanol–water partition coefficient (Wildman–Crippen LogP) is 2.49. The van der Waals surface area contributed by atoms with Gasteiger partial charge in [0.05, 0.1) is 15.6 Å². The molecule has 0 spiro atoms. The third-order valence-corrected chi connectivity index (χ3v) is 4.91. The first kappa shape index (κ1) is 15.5. The number of hydrogen-bond donors (Lipinski definition) is 1. The number of sulfonamides is 1. The van der Waals surface area contributed by atoms with Crippen LogP contribution in [0.15, 0.2) is 11.0 Å². The fourth-order valence-corrected chi connectivity index (χ4v) is 3.46. The van der Waals surface area contributed by atoms with Gasteiger partial charge in [0.1, 0.15) is 16.8 Å². The lowest BCUT2D eigenvalue weighted by atomic mass is 9.96. The molecule has 0 heterocycles. The van der Waals surface area contributed by atoms with Crippen LogP contribution in [-0.2, 0) is 14.8 Å². The summed E-state index contributed by atoms with van der Waals surface area (Å²) in [7, 11) is -4.37. The van der Waals surface area contributed by atoms with E-state index in [1.165, 1.54) is 0 Å². The Morgan fingerprint density at radius 3 is 2.40 bits per heavy atom. The Morgan fingerprint density at radius 2 is 1.95 bits per heavy atom. The van der Waals surface area contributed by atoms with Crippen molar-refractivity contribution < 1.29 is 22.3 Å². The topological polar surface area (TPSA) is 86.5 Å². The molecular weight excluding hydrogens is 332 g/mol. The SMILES string of the molecule is NS(=O)(=O)c1c(Cl)c(F)cc(C(=O)OC2CCC2)c1Cl. The van der Waals surface area contributed by atoms with Gasteiger partial charge in [-0.15, -0.1) is 0 Å². The molecule has 0 aliphatic heterocycles. The van der Waals surface area contributed by atoms with E-state index < -0.39 is 42.3 Å². The number of primary sulfonamides is 1. The standard InChI is InChI=1S/C11H10Cl2FNO4S/c12-8-6(11(16)19-5-2-1-3-5)4-7(14)9(13)10(8)20(15,17)18/h4-5H,1-3H2,(H2,15,17,18). The molecule has 5 nitrogen and oxygen atoms in total. The van der Waals surface area contributed by atoms with Crippen LogP contribution in [0.4, 0.5) is 4.39 Å². The number of carbonyl (C=O) groups excluding carboxylic acids is 1. The van der Waals surface area contributed by atoms with E-state index in [9.17, 15) is 17.6 Å². The Labute approximate surface area is 124 Å². The smallest absolute Gasteiger partial charge is 0.340 e. The van der Waals surface area contributed by atoms with Gasteiger partial charge in [0.25, 0.3) is 0 Å². The van der Waals surface area contributed by atoms with Crippen molar-refractivity contribution in [1.82, 2.24) is 0 Å². The van der Waals surface area contributed by atoms with E-state index in [2.05, 4.69) is 0 Å². The van der Waals surface area contributed by atoms with Crippen LogP contribution in [0, 0.1) is 5.82 Å². The van der Waals surface area contributed by atoms with E-state index in [-0.39, 0.29) is 6.10 Å². The van der Waals surface area contributed by atoms with Crippen LogP contribution < -0.4 is 5.14 Å². The Hall–Kier alpha value is -0.890. The molecule has 0 radical (unpaired) electrons. The summed E-state index contributed by atoms with van der Waals surface area (Å²) in [6.07, 6.45) is 2.10. The number of hydrogen-bond acceptors (Lipinski definition) is 4. The maximum absolute atomic E-state index is 13.6. The first-order valence-corrected chi connectivity index (χ1v) is 7.93. The number of benzene rings is 1. The zero-order valence-corrected chi connectivity index (χ0v) is 12.4. The Morgan fingerprint density at radius 1 is 1.35 bits per heavy atom. The third-order valence-electron chi connectivity index (χ3n) is 2.95. The van der Waals surface area contributed by atoms with Crippen LogP contribution in [0.1, 0.15) is 29.6 Å².